The Labute approximate surface area is 133 Å². The summed E-state index contributed by atoms with van der Waals surface area (Å²) in [7, 11) is 1.54. The van der Waals surface area contributed by atoms with E-state index in [1.54, 1.807) is 25.1 Å². The van der Waals surface area contributed by atoms with E-state index < -0.39 is 29.7 Å². The molecule has 0 spiro atoms. The molecule has 2 aliphatic rings. The summed E-state index contributed by atoms with van der Waals surface area (Å²) in [5, 5.41) is 5.44. The quantitative estimate of drug-likeness (QED) is 0.649. The molecule has 2 N–H and O–H groups in total. The van der Waals surface area contributed by atoms with Crippen molar-refractivity contribution in [1.29, 1.82) is 0 Å². The van der Waals surface area contributed by atoms with Gasteiger partial charge in [0.1, 0.15) is 12.5 Å². The number of rotatable bonds is 4. The highest BCUT2D eigenvalue weighted by atomic mass is 16.6. The lowest BCUT2D eigenvalue weighted by Gasteiger charge is -2.49. The first-order valence-corrected chi connectivity index (χ1v) is 7.22. The van der Waals surface area contributed by atoms with Crippen LogP contribution in [0.5, 0.6) is 11.5 Å². The molecular weight excluding hydrogens is 300 g/mol. The number of nitrogens with one attached hydrogen (secondary N) is 2. The van der Waals surface area contributed by atoms with Gasteiger partial charge in [0.05, 0.1) is 13.2 Å². The van der Waals surface area contributed by atoms with E-state index in [0.29, 0.717) is 17.1 Å². The fraction of sp³-hybridized carbons (Fsp3) is 0.375. The smallest absolute Gasteiger partial charge is 0.318 e. The van der Waals surface area contributed by atoms with Gasteiger partial charge in [-0.05, 0) is 13.0 Å². The van der Waals surface area contributed by atoms with E-state index >= 15 is 0 Å². The molecule has 1 aromatic carbocycles. The molecule has 0 radical (unpaired) electrons. The molecule has 0 saturated carbocycles. The van der Waals surface area contributed by atoms with E-state index in [1.807, 2.05) is 0 Å². The van der Waals surface area contributed by atoms with Crippen molar-refractivity contribution in [2.24, 2.45) is 5.92 Å². The topological polar surface area (TPSA) is 85.9 Å². The molecule has 0 aromatic heterocycles. The zero-order chi connectivity index (χ0) is 16.6. The normalized spacial score (nSPS) is 27.7. The van der Waals surface area contributed by atoms with Crippen LogP contribution in [0.25, 0.3) is 0 Å². The number of hydrogen-bond donors (Lipinski definition) is 2. The second kappa shape index (κ2) is 5.49. The molecular formula is C16H18N2O5. The van der Waals surface area contributed by atoms with Gasteiger partial charge in [0.2, 0.25) is 0 Å². The van der Waals surface area contributed by atoms with E-state index in [2.05, 4.69) is 17.2 Å². The summed E-state index contributed by atoms with van der Waals surface area (Å²) < 4.78 is 16.5. The highest BCUT2D eigenvalue weighted by molar-refractivity contribution is 5.84. The third-order valence-corrected chi connectivity index (χ3v) is 4.05. The van der Waals surface area contributed by atoms with Gasteiger partial charge in [-0.25, -0.2) is 4.79 Å². The van der Waals surface area contributed by atoms with Crippen LogP contribution < -0.4 is 20.1 Å². The highest BCUT2D eigenvalue weighted by Gasteiger charge is 2.57. The number of para-hydroxylation sites is 1. The van der Waals surface area contributed by atoms with Crippen LogP contribution in [-0.4, -0.2) is 31.4 Å². The Kier molecular flexibility index (Phi) is 3.63. The Morgan fingerprint density at radius 3 is 3.00 bits per heavy atom. The van der Waals surface area contributed by atoms with Gasteiger partial charge < -0.3 is 19.5 Å². The standard InChI is InChI=1S/C16H18N2O5/c1-4-8-22-14(19)11-12-9-6-5-7-10(21-3)13(9)23-16(11,2)18-15(20)17-12/h4-7,11-12H,1,8H2,2-3H3,(H2,17,18,20)/t11-,12-,16+/m1/s1. The summed E-state index contributed by atoms with van der Waals surface area (Å²) in [6.07, 6.45) is 1.49. The molecule has 3 rings (SSSR count). The molecule has 23 heavy (non-hydrogen) atoms. The maximum absolute atomic E-state index is 12.5. The van der Waals surface area contributed by atoms with E-state index in [4.69, 9.17) is 14.2 Å². The van der Waals surface area contributed by atoms with Gasteiger partial charge in [-0.1, -0.05) is 24.8 Å². The molecule has 2 bridgehead atoms. The zero-order valence-corrected chi connectivity index (χ0v) is 12.9. The summed E-state index contributed by atoms with van der Waals surface area (Å²) in [4.78, 5) is 24.4. The molecule has 3 atom stereocenters. The average molecular weight is 318 g/mol. The van der Waals surface area contributed by atoms with E-state index in [0.717, 1.165) is 0 Å². The number of fused-ring (bicyclic) bond motifs is 4. The third kappa shape index (κ3) is 2.38. The number of methoxy groups -OCH3 is 1. The van der Waals surface area contributed by atoms with Crippen LogP contribution in [0.3, 0.4) is 0 Å². The van der Waals surface area contributed by atoms with E-state index in [9.17, 15) is 9.59 Å². The molecule has 1 fully saturated rings. The van der Waals surface area contributed by atoms with Gasteiger partial charge in [-0.15, -0.1) is 0 Å². The van der Waals surface area contributed by atoms with Crippen LogP contribution in [0.15, 0.2) is 30.9 Å². The molecule has 0 aliphatic carbocycles. The first-order chi connectivity index (χ1) is 11.0. The van der Waals surface area contributed by atoms with Crippen molar-refractivity contribution >= 4 is 12.0 Å². The number of ether oxygens (including phenoxy) is 3. The minimum atomic E-state index is -1.23. The number of benzene rings is 1. The predicted octanol–water partition coefficient (Wildman–Crippen LogP) is 1.50. The fourth-order valence-corrected chi connectivity index (χ4v) is 3.08. The first-order valence-electron chi connectivity index (χ1n) is 7.22. The molecule has 2 amide bonds. The van der Waals surface area contributed by atoms with Crippen LogP contribution in [0.1, 0.15) is 18.5 Å². The Balaban J connectivity index is 2.07. The Morgan fingerprint density at radius 2 is 2.30 bits per heavy atom. The number of carbonyl (C=O) groups excluding carboxylic acids is 2. The average Bonchev–Trinajstić information content (AvgIpc) is 2.50. The maximum atomic E-state index is 12.5. The second-order valence-electron chi connectivity index (χ2n) is 5.56. The molecule has 2 aliphatic heterocycles. The number of urea groups is 1. The molecule has 7 heteroatoms. The lowest BCUT2D eigenvalue weighted by Crippen LogP contribution is -2.70. The van der Waals surface area contributed by atoms with Crippen molar-refractivity contribution in [2.75, 3.05) is 13.7 Å². The van der Waals surface area contributed by atoms with Crippen molar-refractivity contribution < 1.29 is 23.8 Å². The summed E-state index contributed by atoms with van der Waals surface area (Å²) in [6, 6.07) is 4.37. The number of amides is 2. The third-order valence-electron chi connectivity index (χ3n) is 4.05. The summed E-state index contributed by atoms with van der Waals surface area (Å²) in [5.41, 5.74) is -0.551. The van der Waals surface area contributed by atoms with Crippen LogP contribution in [-0.2, 0) is 9.53 Å². The Hall–Kier alpha value is -2.70. The van der Waals surface area contributed by atoms with Crippen LogP contribution in [0.4, 0.5) is 4.79 Å². The van der Waals surface area contributed by atoms with Gasteiger partial charge in [-0.2, -0.15) is 0 Å². The lowest BCUT2D eigenvalue weighted by atomic mass is 9.80. The molecule has 122 valence electrons. The molecule has 2 heterocycles. The minimum absolute atomic E-state index is 0.0943. The summed E-state index contributed by atoms with van der Waals surface area (Å²) >= 11 is 0. The van der Waals surface area contributed by atoms with E-state index in [1.165, 1.54) is 13.2 Å². The van der Waals surface area contributed by atoms with Crippen molar-refractivity contribution in [1.82, 2.24) is 10.6 Å². The van der Waals surface area contributed by atoms with Crippen molar-refractivity contribution in [2.45, 2.75) is 18.7 Å². The maximum Gasteiger partial charge on any atom is 0.318 e. The van der Waals surface area contributed by atoms with Crippen molar-refractivity contribution in [3.05, 3.63) is 36.4 Å². The van der Waals surface area contributed by atoms with Crippen LogP contribution in [0.2, 0.25) is 0 Å². The van der Waals surface area contributed by atoms with Gasteiger partial charge in [0.15, 0.2) is 17.2 Å². The van der Waals surface area contributed by atoms with Gasteiger partial charge in [-0.3, -0.25) is 10.1 Å². The fourth-order valence-electron chi connectivity index (χ4n) is 3.08. The van der Waals surface area contributed by atoms with Crippen molar-refractivity contribution in [3.8, 4) is 11.5 Å². The SMILES string of the molecule is C=CCOC(=O)[C@H]1[C@@H]2NC(=O)N[C@@]1(C)Oc1c(OC)cccc12. The summed E-state index contributed by atoms with van der Waals surface area (Å²) in [6.45, 7) is 5.27. The van der Waals surface area contributed by atoms with Crippen LogP contribution >= 0.6 is 0 Å². The first kappa shape index (κ1) is 15.2. The monoisotopic (exact) mass is 318 g/mol. The van der Waals surface area contributed by atoms with E-state index in [-0.39, 0.29) is 6.61 Å². The van der Waals surface area contributed by atoms with Gasteiger partial charge in [0.25, 0.3) is 0 Å². The Bertz CT molecular complexity index is 674. The van der Waals surface area contributed by atoms with Crippen LogP contribution in [0, 0.1) is 5.92 Å². The van der Waals surface area contributed by atoms with Gasteiger partial charge >= 0.3 is 12.0 Å². The Morgan fingerprint density at radius 1 is 1.52 bits per heavy atom. The van der Waals surface area contributed by atoms with Crippen molar-refractivity contribution in [3.63, 3.8) is 0 Å². The molecule has 0 unspecified atom stereocenters. The van der Waals surface area contributed by atoms with Gasteiger partial charge in [0, 0.05) is 5.56 Å². The molecule has 7 nitrogen and oxygen atoms in total. The minimum Gasteiger partial charge on any atom is -0.493 e. The largest absolute Gasteiger partial charge is 0.493 e. The molecule has 1 saturated heterocycles. The number of hydrogen-bond acceptors (Lipinski definition) is 5. The molecule has 1 aromatic rings. The predicted molar refractivity (Wildman–Crippen MR) is 81.1 cm³/mol. The number of carbonyl (C=O) groups is 2. The summed E-state index contributed by atoms with van der Waals surface area (Å²) in [5.74, 6) is -0.171. The number of esters is 1. The lowest BCUT2D eigenvalue weighted by molar-refractivity contribution is -0.162. The highest BCUT2D eigenvalue weighted by Crippen LogP contribution is 2.48. The zero-order valence-electron chi connectivity index (χ0n) is 12.9. The second-order valence-corrected chi connectivity index (χ2v) is 5.56.